The first-order valence-electron chi connectivity index (χ1n) is 6.10. The van der Waals surface area contributed by atoms with Crippen molar-refractivity contribution in [1.82, 2.24) is 10.2 Å². The summed E-state index contributed by atoms with van der Waals surface area (Å²) in [7, 11) is 0. The van der Waals surface area contributed by atoms with Crippen molar-refractivity contribution in [1.29, 1.82) is 0 Å². The van der Waals surface area contributed by atoms with Crippen molar-refractivity contribution in [3.8, 4) is 11.3 Å². The largest absolute Gasteiger partial charge is 0.409 e. The summed E-state index contributed by atoms with van der Waals surface area (Å²) < 4.78 is 0. The smallest absolute Gasteiger partial charge is 0.191 e. The Labute approximate surface area is 115 Å². The van der Waals surface area contributed by atoms with Crippen LogP contribution in [0, 0.1) is 0 Å². The highest BCUT2D eigenvalue weighted by Gasteiger charge is 2.12. The molecule has 5 heteroatoms. The molecule has 98 valence electrons. The van der Waals surface area contributed by atoms with Crippen LogP contribution in [0.25, 0.3) is 22.0 Å². The van der Waals surface area contributed by atoms with E-state index in [1.807, 2.05) is 54.6 Å². The quantitative estimate of drug-likeness (QED) is 0.322. The molecule has 0 bridgehead atoms. The molecule has 0 spiro atoms. The minimum atomic E-state index is -0.0479. The summed E-state index contributed by atoms with van der Waals surface area (Å²) in [5.74, 6) is -0.0479. The molecule has 0 saturated carbocycles. The molecule has 3 aromatic rings. The third-order valence-corrected chi connectivity index (χ3v) is 3.08. The zero-order valence-corrected chi connectivity index (χ0v) is 10.6. The monoisotopic (exact) mass is 264 g/mol. The molecule has 3 N–H and O–H groups in total. The van der Waals surface area contributed by atoms with Crippen LogP contribution in [-0.2, 0) is 0 Å². The summed E-state index contributed by atoms with van der Waals surface area (Å²) >= 11 is 0. The van der Waals surface area contributed by atoms with E-state index in [0.29, 0.717) is 5.69 Å². The molecule has 2 aromatic carbocycles. The Kier molecular flexibility index (Phi) is 3.01. The Morgan fingerprint density at radius 3 is 2.25 bits per heavy atom. The fraction of sp³-hybridized carbons (Fsp3) is 0. The van der Waals surface area contributed by atoms with E-state index in [-0.39, 0.29) is 5.84 Å². The molecule has 0 unspecified atom stereocenters. The van der Waals surface area contributed by atoms with Crippen LogP contribution in [0.3, 0.4) is 0 Å². The Morgan fingerprint density at radius 2 is 1.55 bits per heavy atom. The fourth-order valence-corrected chi connectivity index (χ4v) is 2.15. The van der Waals surface area contributed by atoms with Crippen LogP contribution >= 0.6 is 0 Å². The van der Waals surface area contributed by atoms with E-state index in [2.05, 4.69) is 15.4 Å². The zero-order valence-electron chi connectivity index (χ0n) is 10.6. The molecule has 0 atom stereocenters. The predicted octanol–water partition coefficient (Wildman–Crippen LogP) is 2.39. The number of fused-ring (bicyclic) bond motifs is 1. The Bertz CT molecular complexity index is 784. The maximum Gasteiger partial charge on any atom is 0.191 e. The number of hydrogen-bond acceptors (Lipinski definition) is 4. The second-order valence-corrected chi connectivity index (χ2v) is 4.29. The van der Waals surface area contributed by atoms with Crippen LogP contribution in [0.1, 0.15) is 5.69 Å². The van der Waals surface area contributed by atoms with Gasteiger partial charge in [-0.2, -0.15) is 0 Å². The number of benzene rings is 2. The van der Waals surface area contributed by atoms with E-state index in [1.165, 1.54) is 0 Å². The highest BCUT2D eigenvalue weighted by Crippen LogP contribution is 2.27. The highest BCUT2D eigenvalue weighted by atomic mass is 16.4. The standard InChI is InChI=1S/C15H12N4O/c16-15(19-20)14-12-9-5-4-8-11(12)13(17-18-14)10-6-2-1-3-7-10/h1-9,20H,(H2,16,19). The highest BCUT2D eigenvalue weighted by molar-refractivity contribution is 6.09. The van der Waals surface area contributed by atoms with Crippen molar-refractivity contribution < 1.29 is 5.21 Å². The lowest BCUT2D eigenvalue weighted by Gasteiger charge is -2.08. The average Bonchev–Trinajstić information content (AvgIpc) is 2.54. The minimum absolute atomic E-state index is 0.0479. The number of nitrogens with zero attached hydrogens (tertiary/aromatic N) is 3. The first-order valence-corrected chi connectivity index (χ1v) is 6.10. The lowest BCUT2D eigenvalue weighted by molar-refractivity contribution is 0.318. The molecule has 1 heterocycles. The first-order chi connectivity index (χ1) is 9.81. The number of oxime groups is 1. The molecule has 0 fully saturated rings. The van der Waals surface area contributed by atoms with Gasteiger partial charge in [0.2, 0.25) is 0 Å². The number of nitrogens with two attached hydrogens (primary N) is 1. The second kappa shape index (κ2) is 4.97. The third kappa shape index (κ3) is 1.95. The van der Waals surface area contributed by atoms with Crippen LogP contribution in [0.5, 0.6) is 0 Å². The van der Waals surface area contributed by atoms with E-state index in [1.54, 1.807) is 0 Å². The summed E-state index contributed by atoms with van der Waals surface area (Å²) in [6, 6.07) is 17.4. The average molecular weight is 264 g/mol. The Hall–Kier alpha value is -2.95. The van der Waals surface area contributed by atoms with Gasteiger partial charge >= 0.3 is 0 Å². The molecule has 1 aromatic heterocycles. The van der Waals surface area contributed by atoms with Gasteiger partial charge in [0.1, 0.15) is 11.4 Å². The van der Waals surface area contributed by atoms with E-state index in [0.717, 1.165) is 22.0 Å². The minimum Gasteiger partial charge on any atom is -0.409 e. The summed E-state index contributed by atoms with van der Waals surface area (Å²) in [5, 5.41) is 21.9. The van der Waals surface area contributed by atoms with Gasteiger partial charge in [0.25, 0.3) is 0 Å². The molecule has 0 saturated heterocycles. The molecular weight excluding hydrogens is 252 g/mol. The molecule has 5 nitrogen and oxygen atoms in total. The van der Waals surface area contributed by atoms with Gasteiger partial charge < -0.3 is 10.9 Å². The van der Waals surface area contributed by atoms with Gasteiger partial charge in [-0.15, -0.1) is 10.2 Å². The van der Waals surface area contributed by atoms with Gasteiger partial charge in [0.05, 0.1) is 0 Å². The molecule has 0 aliphatic heterocycles. The van der Waals surface area contributed by atoms with Crippen LogP contribution in [-0.4, -0.2) is 21.2 Å². The summed E-state index contributed by atoms with van der Waals surface area (Å²) in [5.41, 5.74) is 7.77. The molecule has 0 aliphatic rings. The molecule has 3 rings (SSSR count). The van der Waals surface area contributed by atoms with Crippen molar-refractivity contribution in [2.45, 2.75) is 0 Å². The summed E-state index contributed by atoms with van der Waals surface area (Å²) in [6.45, 7) is 0. The van der Waals surface area contributed by atoms with Gasteiger partial charge in [-0.1, -0.05) is 59.8 Å². The Balaban J connectivity index is 2.33. The van der Waals surface area contributed by atoms with E-state index >= 15 is 0 Å². The second-order valence-electron chi connectivity index (χ2n) is 4.29. The topological polar surface area (TPSA) is 84.4 Å². The van der Waals surface area contributed by atoms with E-state index < -0.39 is 0 Å². The van der Waals surface area contributed by atoms with Crippen molar-refractivity contribution >= 4 is 16.6 Å². The maximum absolute atomic E-state index is 8.83. The zero-order chi connectivity index (χ0) is 13.9. The molecular formula is C15H12N4O. The lowest BCUT2D eigenvalue weighted by Crippen LogP contribution is -2.16. The first kappa shape index (κ1) is 12.1. The van der Waals surface area contributed by atoms with Crippen LogP contribution in [0.2, 0.25) is 0 Å². The van der Waals surface area contributed by atoms with Gasteiger partial charge in [0.15, 0.2) is 5.84 Å². The van der Waals surface area contributed by atoms with Gasteiger partial charge in [-0.05, 0) is 0 Å². The van der Waals surface area contributed by atoms with Gasteiger partial charge in [0, 0.05) is 16.3 Å². The molecule has 0 aliphatic carbocycles. The third-order valence-electron chi connectivity index (χ3n) is 3.08. The molecule has 0 amide bonds. The predicted molar refractivity (Wildman–Crippen MR) is 77.5 cm³/mol. The fourth-order valence-electron chi connectivity index (χ4n) is 2.15. The summed E-state index contributed by atoms with van der Waals surface area (Å²) in [6.07, 6.45) is 0. The van der Waals surface area contributed by atoms with Crippen molar-refractivity contribution in [3.63, 3.8) is 0 Å². The Morgan fingerprint density at radius 1 is 0.900 bits per heavy atom. The number of rotatable bonds is 2. The molecule has 0 radical (unpaired) electrons. The maximum atomic E-state index is 8.83. The summed E-state index contributed by atoms with van der Waals surface area (Å²) in [4.78, 5) is 0. The van der Waals surface area contributed by atoms with E-state index in [9.17, 15) is 0 Å². The molecule has 20 heavy (non-hydrogen) atoms. The number of aromatic nitrogens is 2. The van der Waals surface area contributed by atoms with Crippen molar-refractivity contribution in [3.05, 3.63) is 60.3 Å². The van der Waals surface area contributed by atoms with Gasteiger partial charge in [-0.25, -0.2) is 0 Å². The van der Waals surface area contributed by atoms with Crippen molar-refractivity contribution in [2.75, 3.05) is 0 Å². The van der Waals surface area contributed by atoms with Gasteiger partial charge in [-0.3, -0.25) is 0 Å². The lowest BCUT2D eigenvalue weighted by atomic mass is 10.0. The van der Waals surface area contributed by atoms with E-state index in [4.69, 9.17) is 10.9 Å². The SMILES string of the molecule is NC(=NO)c1nnc(-c2ccccc2)c2ccccc12. The number of amidine groups is 1. The normalized spacial score (nSPS) is 11.7. The van der Waals surface area contributed by atoms with Crippen LogP contribution in [0.15, 0.2) is 59.8 Å². The van der Waals surface area contributed by atoms with Crippen LogP contribution < -0.4 is 5.73 Å². The number of hydrogen-bond donors (Lipinski definition) is 2. The van der Waals surface area contributed by atoms with Crippen LogP contribution in [0.4, 0.5) is 0 Å². The van der Waals surface area contributed by atoms with Crippen molar-refractivity contribution in [2.24, 2.45) is 10.9 Å².